The van der Waals surface area contributed by atoms with Gasteiger partial charge in [0, 0.05) is 13.1 Å². The monoisotopic (exact) mass is 353 g/mol. The van der Waals surface area contributed by atoms with E-state index in [9.17, 15) is 9.59 Å². The zero-order chi connectivity index (χ0) is 18.4. The molecule has 1 heterocycles. The highest BCUT2D eigenvalue weighted by atomic mass is 16.5. The van der Waals surface area contributed by atoms with E-state index in [-0.39, 0.29) is 17.8 Å². The van der Waals surface area contributed by atoms with Crippen LogP contribution in [0.25, 0.3) is 0 Å². The van der Waals surface area contributed by atoms with Crippen LogP contribution >= 0.6 is 0 Å². The minimum absolute atomic E-state index is 0.120. The molecule has 0 N–H and O–H groups in total. The molecule has 0 spiro atoms. The molecule has 0 aromatic heterocycles. The Kier molecular flexibility index (Phi) is 5.89. The molecule has 2 aromatic carbocycles. The molecule has 0 saturated carbocycles. The first kappa shape index (κ1) is 18.0. The number of benzene rings is 2. The molecule has 1 amide bonds. The first-order valence-corrected chi connectivity index (χ1v) is 8.97. The van der Waals surface area contributed by atoms with Crippen LogP contribution in [0, 0.1) is 5.92 Å². The maximum atomic E-state index is 13.0. The van der Waals surface area contributed by atoms with Gasteiger partial charge in [-0.2, -0.15) is 0 Å². The van der Waals surface area contributed by atoms with E-state index >= 15 is 0 Å². The summed E-state index contributed by atoms with van der Waals surface area (Å²) in [6, 6.07) is 16.6. The van der Waals surface area contributed by atoms with E-state index in [2.05, 4.69) is 0 Å². The van der Waals surface area contributed by atoms with Gasteiger partial charge in [0.1, 0.15) is 11.5 Å². The van der Waals surface area contributed by atoms with Gasteiger partial charge in [0.2, 0.25) is 0 Å². The predicted octanol–water partition coefficient (Wildman–Crippen LogP) is 3.89. The maximum absolute atomic E-state index is 13.0. The van der Waals surface area contributed by atoms with Crippen molar-refractivity contribution in [3.63, 3.8) is 0 Å². The van der Waals surface area contributed by atoms with Gasteiger partial charge in [-0.05, 0) is 44.0 Å². The second kappa shape index (κ2) is 8.52. The Labute approximate surface area is 153 Å². The molecular formula is C21H23NO4. The fourth-order valence-corrected chi connectivity index (χ4v) is 3.13. The van der Waals surface area contributed by atoms with Crippen molar-refractivity contribution in [1.29, 1.82) is 0 Å². The molecular weight excluding hydrogens is 330 g/mol. The van der Waals surface area contributed by atoms with Gasteiger partial charge in [0.25, 0.3) is 5.91 Å². The van der Waals surface area contributed by atoms with E-state index in [0.717, 1.165) is 12.8 Å². The van der Waals surface area contributed by atoms with Gasteiger partial charge >= 0.3 is 5.97 Å². The van der Waals surface area contributed by atoms with Crippen LogP contribution in [0.5, 0.6) is 11.5 Å². The number of para-hydroxylation sites is 2. The summed E-state index contributed by atoms with van der Waals surface area (Å²) in [7, 11) is 0. The average Bonchev–Trinajstić information content (AvgIpc) is 2.69. The van der Waals surface area contributed by atoms with Crippen molar-refractivity contribution in [2.45, 2.75) is 19.8 Å². The molecule has 0 aliphatic carbocycles. The van der Waals surface area contributed by atoms with Crippen LogP contribution < -0.4 is 4.74 Å². The molecule has 1 aliphatic rings. The largest absolute Gasteiger partial charge is 0.466 e. The molecule has 5 nitrogen and oxygen atoms in total. The van der Waals surface area contributed by atoms with Gasteiger partial charge in [0.15, 0.2) is 0 Å². The standard InChI is InChI=1S/C21H23NO4/c1-2-25-21(24)16-9-8-14-22(15-16)20(23)18-12-6-7-13-19(18)26-17-10-4-3-5-11-17/h3-7,10-13,16H,2,8-9,14-15H2,1H3/t16-/m1/s1. The van der Waals surface area contributed by atoms with Crippen molar-refractivity contribution in [2.75, 3.05) is 19.7 Å². The highest BCUT2D eigenvalue weighted by Gasteiger charge is 2.30. The van der Waals surface area contributed by atoms with Gasteiger partial charge in [-0.25, -0.2) is 0 Å². The lowest BCUT2D eigenvalue weighted by Crippen LogP contribution is -2.42. The molecule has 1 atom stereocenters. The van der Waals surface area contributed by atoms with E-state index in [4.69, 9.17) is 9.47 Å². The van der Waals surface area contributed by atoms with Crippen molar-refractivity contribution >= 4 is 11.9 Å². The number of esters is 1. The lowest BCUT2D eigenvalue weighted by atomic mass is 9.97. The maximum Gasteiger partial charge on any atom is 0.310 e. The van der Waals surface area contributed by atoms with Crippen molar-refractivity contribution in [2.24, 2.45) is 5.92 Å². The number of amides is 1. The SMILES string of the molecule is CCOC(=O)[C@@H]1CCCN(C(=O)c2ccccc2Oc2ccccc2)C1. The normalized spacial score (nSPS) is 16.8. The number of hydrogen-bond acceptors (Lipinski definition) is 4. The second-order valence-electron chi connectivity index (χ2n) is 6.25. The number of likely N-dealkylation sites (tertiary alicyclic amines) is 1. The Morgan fingerprint density at radius 3 is 2.58 bits per heavy atom. The van der Waals surface area contributed by atoms with Crippen molar-refractivity contribution in [3.8, 4) is 11.5 Å². The first-order chi connectivity index (χ1) is 12.7. The summed E-state index contributed by atoms with van der Waals surface area (Å²) in [4.78, 5) is 26.8. The van der Waals surface area contributed by atoms with Crippen LogP contribution in [0.4, 0.5) is 0 Å². The Balaban J connectivity index is 1.76. The van der Waals surface area contributed by atoms with Crippen LogP contribution in [0.15, 0.2) is 54.6 Å². The van der Waals surface area contributed by atoms with Gasteiger partial charge in [-0.3, -0.25) is 9.59 Å². The minimum atomic E-state index is -0.255. The lowest BCUT2D eigenvalue weighted by Gasteiger charge is -2.32. The molecule has 5 heteroatoms. The third kappa shape index (κ3) is 4.23. The van der Waals surface area contributed by atoms with Crippen molar-refractivity contribution in [3.05, 3.63) is 60.2 Å². The number of rotatable bonds is 5. The number of hydrogen-bond donors (Lipinski definition) is 0. The number of ether oxygens (including phenoxy) is 2. The molecule has 0 bridgehead atoms. The van der Waals surface area contributed by atoms with Crippen LogP contribution in [0.3, 0.4) is 0 Å². The van der Waals surface area contributed by atoms with Crippen LogP contribution in [0.1, 0.15) is 30.1 Å². The Hall–Kier alpha value is -2.82. The number of nitrogens with zero attached hydrogens (tertiary/aromatic N) is 1. The summed E-state index contributed by atoms with van der Waals surface area (Å²) < 4.78 is 11.0. The van der Waals surface area contributed by atoms with Gasteiger partial charge in [0.05, 0.1) is 18.1 Å². The molecule has 3 rings (SSSR count). The Bertz CT molecular complexity index is 760. The third-order valence-electron chi connectivity index (χ3n) is 4.42. The number of carbonyl (C=O) groups is 2. The second-order valence-corrected chi connectivity index (χ2v) is 6.25. The molecule has 26 heavy (non-hydrogen) atoms. The number of carbonyl (C=O) groups excluding carboxylic acids is 2. The summed E-state index contributed by atoms with van der Waals surface area (Å²) in [6.45, 7) is 3.17. The van der Waals surface area contributed by atoms with E-state index in [1.54, 1.807) is 24.0 Å². The smallest absolute Gasteiger partial charge is 0.310 e. The quantitative estimate of drug-likeness (QED) is 0.765. The molecule has 1 saturated heterocycles. The van der Waals surface area contributed by atoms with Crippen LogP contribution in [-0.4, -0.2) is 36.5 Å². The summed E-state index contributed by atoms with van der Waals surface area (Å²) in [5, 5.41) is 0. The van der Waals surface area contributed by atoms with Crippen molar-refractivity contribution < 1.29 is 19.1 Å². The zero-order valence-corrected chi connectivity index (χ0v) is 14.9. The molecule has 136 valence electrons. The average molecular weight is 353 g/mol. The van der Waals surface area contributed by atoms with E-state index < -0.39 is 0 Å². The molecule has 1 fully saturated rings. The first-order valence-electron chi connectivity index (χ1n) is 8.97. The highest BCUT2D eigenvalue weighted by Crippen LogP contribution is 2.28. The van der Waals surface area contributed by atoms with Gasteiger partial charge in [-0.15, -0.1) is 0 Å². The lowest BCUT2D eigenvalue weighted by molar-refractivity contribution is -0.149. The molecule has 2 aromatic rings. The van der Waals surface area contributed by atoms with Gasteiger partial charge in [-0.1, -0.05) is 30.3 Å². The number of piperidine rings is 1. The van der Waals surface area contributed by atoms with E-state index in [1.165, 1.54) is 0 Å². The fraction of sp³-hybridized carbons (Fsp3) is 0.333. The zero-order valence-electron chi connectivity index (χ0n) is 14.9. The van der Waals surface area contributed by atoms with Crippen molar-refractivity contribution in [1.82, 2.24) is 4.90 Å². The molecule has 1 aliphatic heterocycles. The van der Waals surface area contributed by atoms with Crippen LogP contribution in [-0.2, 0) is 9.53 Å². The molecule has 0 unspecified atom stereocenters. The summed E-state index contributed by atoms with van der Waals surface area (Å²) in [5.74, 6) is 0.594. The summed E-state index contributed by atoms with van der Waals surface area (Å²) in [5.41, 5.74) is 0.501. The Morgan fingerprint density at radius 1 is 1.08 bits per heavy atom. The van der Waals surface area contributed by atoms with E-state index in [0.29, 0.717) is 36.8 Å². The summed E-state index contributed by atoms with van der Waals surface area (Å²) in [6.07, 6.45) is 1.54. The highest BCUT2D eigenvalue weighted by molar-refractivity contribution is 5.97. The van der Waals surface area contributed by atoms with Gasteiger partial charge < -0.3 is 14.4 Å². The Morgan fingerprint density at radius 2 is 1.81 bits per heavy atom. The topological polar surface area (TPSA) is 55.8 Å². The third-order valence-corrected chi connectivity index (χ3v) is 4.42. The molecule has 0 radical (unpaired) electrons. The predicted molar refractivity (Wildman–Crippen MR) is 98.2 cm³/mol. The van der Waals surface area contributed by atoms with E-state index in [1.807, 2.05) is 42.5 Å². The fourth-order valence-electron chi connectivity index (χ4n) is 3.13. The van der Waals surface area contributed by atoms with Crippen LogP contribution in [0.2, 0.25) is 0 Å². The summed E-state index contributed by atoms with van der Waals surface area (Å²) >= 11 is 0. The minimum Gasteiger partial charge on any atom is -0.466 e.